The van der Waals surface area contributed by atoms with Crippen LogP contribution in [0, 0.1) is 27.7 Å². The summed E-state index contributed by atoms with van der Waals surface area (Å²) in [5, 5.41) is 0. The molecule has 1 heterocycles. The molecule has 2 aliphatic carbocycles. The molecule has 0 N–H and O–H groups in total. The van der Waals surface area contributed by atoms with E-state index in [9.17, 15) is 0 Å². The van der Waals surface area contributed by atoms with Crippen molar-refractivity contribution in [3.05, 3.63) is 79.9 Å². The molecule has 1 fully saturated rings. The predicted molar refractivity (Wildman–Crippen MR) is 114 cm³/mol. The van der Waals surface area contributed by atoms with Crippen LogP contribution in [0.25, 0.3) is 12.2 Å². The summed E-state index contributed by atoms with van der Waals surface area (Å²) in [6.45, 7) is 14.0. The van der Waals surface area contributed by atoms with Crippen LogP contribution in [0.1, 0.15) is 65.6 Å². The second-order valence-corrected chi connectivity index (χ2v) is 20.9. The van der Waals surface area contributed by atoms with Crippen molar-refractivity contribution < 1.29 is 45.1 Å². The number of hydrogen-bond donors (Lipinski definition) is 0. The van der Waals surface area contributed by atoms with Crippen LogP contribution in [0.4, 0.5) is 0 Å². The van der Waals surface area contributed by atoms with E-state index in [0.717, 1.165) is 7.25 Å². The normalized spacial score (nSPS) is 21.6. The molecular formula is C26H30Cl2Zr. The second kappa shape index (κ2) is 7.82. The van der Waals surface area contributed by atoms with Gasteiger partial charge in [0, 0.05) is 0 Å². The number of halogens is 2. The van der Waals surface area contributed by atoms with Gasteiger partial charge in [0.2, 0.25) is 0 Å². The van der Waals surface area contributed by atoms with Gasteiger partial charge in [-0.25, -0.2) is 0 Å². The zero-order chi connectivity index (χ0) is 19.1. The maximum absolute atomic E-state index is 2.53. The Hall–Kier alpha value is -0.617. The van der Waals surface area contributed by atoms with E-state index in [-0.39, 0.29) is 24.8 Å². The summed E-state index contributed by atoms with van der Waals surface area (Å²) in [4.78, 5) is 0. The van der Waals surface area contributed by atoms with Crippen molar-refractivity contribution in [3.63, 3.8) is 0 Å². The minimum absolute atomic E-state index is 0. The van der Waals surface area contributed by atoms with Gasteiger partial charge in [-0.15, -0.1) is 0 Å². The molecule has 0 amide bonds. The van der Waals surface area contributed by atoms with E-state index < -0.39 is 20.3 Å². The van der Waals surface area contributed by atoms with Gasteiger partial charge < -0.3 is 24.8 Å². The van der Waals surface area contributed by atoms with E-state index in [1.165, 1.54) is 22.3 Å². The first-order chi connectivity index (χ1) is 12.8. The number of benzene rings is 2. The van der Waals surface area contributed by atoms with E-state index in [2.05, 4.69) is 78.0 Å². The summed E-state index contributed by atoms with van der Waals surface area (Å²) in [5.41, 5.74) is 15.6. The summed E-state index contributed by atoms with van der Waals surface area (Å²) < 4.78 is 4.68. The maximum atomic E-state index is 2.53. The minimum atomic E-state index is -2.37. The van der Waals surface area contributed by atoms with E-state index in [4.69, 9.17) is 0 Å². The Bertz CT molecular complexity index is 975. The minimum Gasteiger partial charge on any atom is -1.00 e. The third-order valence-corrected chi connectivity index (χ3v) is 20.9. The van der Waals surface area contributed by atoms with Crippen molar-refractivity contribution in [1.82, 2.24) is 0 Å². The summed E-state index contributed by atoms with van der Waals surface area (Å²) >= 11 is -2.37. The Morgan fingerprint density at radius 2 is 1.00 bits per heavy atom. The molecule has 0 saturated carbocycles. The van der Waals surface area contributed by atoms with Gasteiger partial charge in [-0.05, 0) is 0 Å². The van der Waals surface area contributed by atoms with Gasteiger partial charge in [0.25, 0.3) is 0 Å². The third kappa shape index (κ3) is 3.37. The van der Waals surface area contributed by atoms with Crippen molar-refractivity contribution >= 4 is 12.2 Å². The topological polar surface area (TPSA) is 0 Å². The molecule has 5 rings (SSSR count). The van der Waals surface area contributed by atoms with Crippen LogP contribution in [0.3, 0.4) is 0 Å². The Kier molecular flexibility index (Phi) is 6.21. The Labute approximate surface area is 193 Å². The zero-order valence-electron chi connectivity index (χ0n) is 18.3. The van der Waals surface area contributed by atoms with Gasteiger partial charge in [-0.1, -0.05) is 0 Å². The van der Waals surface area contributed by atoms with Crippen molar-refractivity contribution in [1.29, 1.82) is 0 Å². The Morgan fingerprint density at radius 1 is 0.621 bits per heavy atom. The molecular weight excluding hydrogens is 474 g/mol. The molecule has 0 spiro atoms. The molecule has 2 aromatic carbocycles. The molecule has 2 atom stereocenters. The van der Waals surface area contributed by atoms with Crippen LogP contribution in [0.5, 0.6) is 0 Å². The van der Waals surface area contributed by atoms with E-state index in [0.29, 0.717) is 0 Å². The van der Waals surface area contributed by atoms with Gasteiger partial charge in [0.15, 0.2) is 0 Å². The fraction of sp³-hybridized carbons (Fsp3) is 0.385. The van der Waals surface area contributed by atoms with Crippen molar-refractivity contribution in [2.45, 2.75) is 57.1 Å². The quantitative estimate of drug-likeness (QED) is 0.583. The van der Waals surface area contributed by atoms with Gasteiger partial charge >= 0.3 is 169 Å². The van der Waals surface area contributed by atoms with Crippen LogP contribution in [0.15, 0.2) is 35.4 Å². The van der Waals surface area contributed by atoms with Crippen LogP contribution >= 0.6 is 0 Å². The predicted octanol–water partition coefficient (Wildman–Crippen LogP) is 1.55. The number of rotatable bonds is 2. The second-order valence-electron chi connectivity index (χ2n) is 9.55. The monoisotopic (exact) mass is 502 g/mol. The zero-order valence-corrected chi connectivity index (χ0v) is 22.3. The van der Waals surface area contributed by atoms with Crippen LogP contribution in [-0.4, -0.2) is 0 Å². The number of allylic oxidation sites excluding steroid dienone is 2. The molecule has 1 aliphatic heterocycles. The fourth-order valence-corrected chi connectivity index (χ4v) is 24.1. The summed E-state index contributed by atoms with van der Waals surface area (Å²) in [5.74, 6) is 0. The van der Waals surface area contributed by atoms with Gasteiger partial charge in [0.05, 0.1) is 0 Å². The molecule has 2 unspecified atom stereocenters. The number of hydrogen-bond acceptors (Lipinski definition) is 0. The molecule has 3 heteroatoms. The molecule has 0 aromatic heterocycles. The van der Waals surface area contributed by atoms with E-state index in [1.807, 2.05) is 0 Å². The van der Waals surface area contributed by atoms with Gasteiger partial charge in [0.1, 0.15) is 0 Å². The average Bonchev–Trinajstić information content (AvgIpc) is 3.16. The molecule has 0 radical (unpaired) electrons. The summed E-state index contributed by atoms with van der Waals surface area (Å²) in [6, 6.07) is 9.77. The summed E-state index contributed by atoms with van der Waals surface area (Å²) in [7, 11) is 0. The van der Waals surface area contributed by atoms with E-state index in [1.54, 1.807) is 41.7 Å². The molecule has 1 saturated heterocycles. The van der Waals surface area contributed by atoms with Crippen LogP contribution in [-0.2, 0) is 20.3 Å². The Morgan fingerprint density at radius 3 is 1.34 bits per heavy atom. The number of fused-ring (bicyclic) bond motifs is 2. The molecule has 152 valence electrons. The maximum Gasteiger partial charge on any atom is -1.00 e. The van der Waals surface area contributed by atoms with Crippen molar-refractivity contribution in [2.75, 3.05) is 0 Å². The van der Waals surface area contributed by atoms with Crippen LogP contribution in [0.2, 0.25) is 8.26 Å². The standard InChI is InChI=1S/2C12H13.C2H4.2ClH.Zr/c2*1-8-4-10(3)12-7-9(2)6-11(12)5-8;1-2;;;/h2*4-7H,1-3H3;1-2H2;2*1H;/q;;;;;+2/p-2. The smallest absolute Gasteiger partial charge is 1.00 e. The summed E-state index contributed by atoms with van der Waals surface area (Å²) in [6.07, 6.45) is 5.06. The first-order valence-electron chi connectivity index (χ1n) is 10.4. The molecule has 29 heavy (non-hydrogen) atoms. The fourth-order valence-electron chi connectivity index (χ4n) is 6.42. The third-order valence-electron chi connectivity index (χ3n) is 7.38. The molecule has 3 aliphatic rings. The van der Waals surface area contributed by atoms with E-state index >= 15 is 0 Å². The Balaban J connectivity index is 0.00000120. The molecule has 2 aromatic rings. The van der Waals surface area contributed by atoms with Crippen molar-refractivity contribution in [3.8, 4) is 0 Å². The van der Waals surface area contributed by atoms with Gasteiger partial charge in [-0.3, -0.25) is 0 Å². The van der Waals surface area contributed by atoms with Gasteiger partial charge in [-0.2, -0.15) is 0 Å². The van der Waals surface area contributed by atoms with Crippen molar-refractivity contribution in [2.24, 2.45) is 0 Å². The number of aryl methyl sites for hydroxylation is 4. The first kappa shape index (κ1) is 23.1. The first-order valence-corrected chi connectivity index (χ1v) is 16.7. The average molecular weight is 505 g/mol. The largest absolute Gasteiger partial charge is 1.00 e. The molecule has 0 nitrogen and oxygen atoms in total. The van der Waals surface area contributed by atoms with Crippen LogP contribution < -0.4 is 24.8 Å². The SMILES string of the molecule is CC1=Cc2c(C)cc(C)cc2[CH]1[Zr+2]1([CH]2C(C)=Cc3c(C)cc(C)cc32)[CH2][CH2]1.[Cl-].[Cl-]. The molecule has 0 bridgehead atoms.